The zero-order valence-corrected chi connectivity index (χ0v) is 8.53. The lowest BCUT2D eigenvalue weighted by Gasteiger charge is -2.02. The van der Waals surface area contributed by atoms with Gasteiger partial charge in [-0.3, -0.25) is 4.79 Å². The maximum atomic E-state index is 10.6. The van der Waals surface area contributed by atoms with Gasteiger partial charge in [-0.2, -0.15) is 0 Å². The molecule has 0 spiro atoms. The number of aliphatic imine (C=N–C) groups is 1. The first kappa shape index (κ1) is 9.59. The van der Waals surface area contributed by atoms with E-state index in [1.165, 1.54) is 5.56 Å². The Morgan fingerprint density at radius 1 is 1.27 bits per heavy atom. The molecule has 0 radical (unpaired) electrons. The molecular weight excluding hydrogens is 186 g/mol. The molecule has 74 valence electrons. The fourth-order valence-corrected chi connectivity index (χ4v) is 1.52. The van der Waals surface area contributed by atoms with Crippen molar-refractivity contribution in [2.24, 2.45) is 4.99 Å². The van der Waals surface area contributed by atoms with E-state index in [0.29, 0.717) is 11.4 Å². The van der Waals surface area contributed by atoms with E-state index in [2.05, 4.69) is 11.6 Å². The first-order chi connectivity index (χ1) is 7.20. The second kappa shape index (κ2) is 3.65. The van der Waals surface area contributed by atoms with E-state index >= 15 is 0 Å². The number of hydrogen-bond acceptors (Lipinski definition) is 2. The van der Waals surface area contributed by atoms with Crippen LogP contribution in [-0.2, 0) is 4.79 Å². The van der Waals surface area contributed by atoms with Crippen LogP contribution in [0.3, 0.4) is 0 Å². The van der Waals surface area contributed by atoms with Crippen LogP contribution in [0.5, 0.6) is 0 Å². The molecule has 2 rings (SSSR count). The summed E-state index contributed by atoms with van der Waals surface area (Å²) in [6, 6.07) is 8.08. The van der Waals surface area contributed by atoms with Gasteiger partial charge >= 0.3 is 0 Å². The summed E-state index contributed by atoms with van der Waals surface area (Å²) in [6.45, 7) is 5.85. The van der Waals surface area contributed by atoms with Crippen LogP contribution in [0.2, 0.25) is 0 Å². The van der Waals surface area contributed by atoms with Crippen molar-refractivity contribution in [3.63, 3.8) is 0 Å². The highest BCUT2D eigenvalue weighted by atomic mass is 16.1. The SMILES string of the molecule is C=C1N=C(C=O)C=C1c1ccc(C)cc1. The molecule has 0 aromatic heterocycles. The molecular formula is C13H11NO. The second-order valence-corrected chi connectivity index (χ2v) is 3.53. The molecule has 0 fully saturated rings. The molecule has 15 heavy (non-hydrogen) atoms. The number of nitrogens with zero attached hydrogens (tertiary/aromatic N) is 1. The van der Waals surface area contributed by atoms with Crippen molar-refractivity contribution < 1.29 is 4.79 Å². The molecule has 1 heterocycles. The number of hydrogen-bond donors (Lipinski definition) is 0. The van der Waals surface area contributed by atoms with Gasteiger partial charge in [0.1, 0.15) is 5.71 Å². The van der Waals surface area contributed by atoms with E-state index in [9.17, 15) is 4.79 Å². The third-order valence-corrected chi connectivity index (χ3v) is 2.35. The summed E-state index contributed by atoms with van der Waals surface area (Å²) in [5, 5.41) is 0. The molecule has 0 amide bonds. The molecule has 2 nitrogen and oxygen atoms in total. The summed E-state index contributed by atoms with van der Waals surface area (Å²) >= 11 is 0. The van der Waals surface area contributed by atoms with Gasteiger partial charge in [-0.15, -0.1) is 0 Å². The largest absolute Gasteiger partial charge is 0.296 e. The van der Waals surface area contributed by atoms with Crippen molar-refractivity contribution in [2.45, 2.75) is 6.92 Å². The summed E-state index contributed by atoms with van der Waals surface area (Å²) in [5.41, 5.74) is 4.28. The minimum absolute atomic E-state index is 0.440. The smallest absolute Gasteiger partial charge is 0.168 e. The molecule has 1 aromatic rings. The first-order valence-electron chi connectivity index (χ1n) is 4.72. The van der Waals surface area contributed by atoms with Gasteiger partial charge in [-0.1, -0.05) is 36.4 Å². The number of carbonyl (C=O) groups excluding carboxylic acids is 1. The van der Waals surface area contributed by atoms with Crippen LogP contribution in [0.1, 0.15) is 11.1 Å². The highest BCUT2D eigenvalue weighted by Crippen LogP contribution is 2.27. The van der Waals surface area contributed by atoms with Gasteiger partial charge < -0.3 is 0 Å². The fourth-order valence-electron chi connectivity index (χ4n) is 1.52. The highest BCUT2D eigenvalue weighted by molar-refractivity contribution is 6.37. The van der Waals surface area contributed by atoms with E-state index in [1.807, 2.05) is 31.2 Å². The van der Waals surface area contributed by atoms with Gasteiger partial charge in [-0.05, 0) is 18.6 Å². The Labute approximate surface area is 88.7 Å². The van der Waals surface area contributed by atoms with E-state index in [-0.39, 0.29) is 0 Å². The lowest BCUT2D eigenvalue weighted by atomic mass is 10.0. The van der Waals surface area contributed by atoms with Crippen molar-refractivity contribution in [1.82, 2.24) is 0 Å². The number of benzene rings is 1. The maximum absolute atomic E-state index is 10.6. The zero-order valence-electron chi connectivity index (χ0n) is 8.53. The van der Waals surface area contributed by atoms with Crippen molar-refractivity contribution in [3.8, 4) is 0 Å². The average molecular weight is 197 g/mol. The van der Waals surface area contributed by atoms with Gasteiger partial charge in [0.25, 0.3) is 0 Å². The van der Waals surface area contributed by atoms with Gasteiger partial charge in [0, 0.05) is 5.57 Å². The Kier molecular flexibility index (Phi) is 2.34. The number of rotatable bonds is 2. The van der Waals surface area contributed by atoms with Crippen LogP contribution < -0.4 is 0 Å². The maximum Gasteiger partial charge on any atom is 0.168 e. The number of aldehydes is 1. The standard InChI is InChI=1S/C13H11NO/c1-9-3-5-11(6-4-9)13-7-12(8-15)14-10(13)2/h3-8H,2H2,1H3. The number of aryl methyl sites for hydroxylation is 1. The zero-order chi connectivity index (χ0) is 10.8. The number of carbonyl (C=O) groups is 1. The molecule has 0 saturated heterocycles. The predicted molar refractivity (Wildman–Crippen MR) is 61.8 cm³/mol. The Morgan fingerprint density at radius 2 is 1.93 bits per heavy atom. The quantitative estimate of drug-likeness (QED) is 0.670. The van der Waals surface area contributed by atoms with Crippen LogP contribution >= 0.6 is 0 Å². The normalized spacial score (nSPS) is 14.9. The lowest BCUT2D eigenvalue weighted by Crippen LogP contribution is -1.89. The van der Waals surface area contributed by atoms with Gasteiger partial charge in [0.15, 0.2) is 6.29 Å². The summed E-state index contributed by atoms with van der Waals surface area (Å²) < 4.78 is 0. The molecule has 1 aliphatic heterocycles. The van der Waals surface area contributed by atoms with Crippen molar-refractivity contribution in [1.29, 1.82) is 0 Å². The Bertz CT molecular complexity index is 478. The van der Waals surface area contributed by atoms with Crippen LogP contribution in [-0.4, -0.2) is 12.0 Å². The van der Waals surface area contributed by atoms with Crippen LogP contribution in [0.25, 0.3) is 5.57 Å². The first-order valence-corrected chi connectivity index (χ1v) is 4.72. The fraction of sp³-hybridized carbons (Fsp3) is 0.0769. The molecule has 2 heteroatoms. The third kappa shape index (κ3) is 1.79. The summed E-state index contributed by atoms with van der Waals surface area (Å²) in [4.78, 5) is 14.6. The Hall–Kier alpha value is -1.96. The minimum atomic E-state index is 0.440. The molecule has 0 aliphatic carbocycles. The molecule has 0 atom stereocenters. The molecule has 1 aliphatic rings. The molecule has 0 saturated carbocycles. The second-order valence-electron chi connectivity index (χ2n) is 3.53. The van der Waals surface area contributed by atoms with Gasteiger partial charge in [0.05, 0.1) is 5.70 Å². The van der Waals surface area contributed by atoms with E-state index in [1.54, 1.807) is 6.08 Å². The van der Waals surface area contributed by atoms with Crippen molar-refractivity contribution >= 4 is 17.6 Å². The van der Waals surface area contributed by atoms with Crippen LogP contribution in [0.4, 0.5) is 0 Å². The lowest BCUT2D eigenvalue weighted by molar-refractivity contribution is -0.102. The minimum Gasteiger partial charge on any atom is -0.296 e. The molecule has 0 bridgehead atoms. The van der Waals surface area contributed by atoms with Gasteiger partial charge in [-0.25, -0.2) is 4.99 Å². The average Bonchev–Trinajstić information content (AvgIpc) is 2.61. The summed E-state index contributed by atoms with van der Waals surface area (Å²) in [7, 11) is 0. The molecule has 0 unspecified atom stereocenters. The topological polar surface area (TPSA) is 29.4 Å². The monoisotopic (exact) mass is 197 g/mol. The van der Waals surface area contributed by atoms with Gasteiger partial charge in [0.2, 0.25) is 0 Å². The van der Waals surface area contributed by atoms with Crippen LogP contribution in [0.15, 0.2) is 47.6 Å². The van der Waals surface area contributed by atoms with Crippen LogP contribution in [0, 0.1) is 6.92 Å². The van der Waals surface area contributed by atoms with E-state index in [4.69, 9.17) is 0 Å². The Balaban J connectivity index is 2.38. The van der Waals surface area contributed by atoms with E-state index < -0.39 is 0 Å². The third-order valence-electron chi connectivity index (χ3n) is 2.35. The summed E-state index contributed by atoms with van der Waals surface area (Å²) in [5.74, 6) is 0. The van der Waals surface area contributed by atoms with Crippen molar-refractivity contribution in [2.75, 3.05) is 0 Å². The Morgan fingerprint density at radius 3 is 2.47 bits per heavy atom. The number of allylic oxidation sites excluding steroid dienone is 2. The molecule has 1 aromatic carbocycles. The highest BCUT2D eigenvalue weighted by Gasteiger charge is 2.13. The predicted octanol–water partition coefficient (Wildman–Crippen LogP) is 2.55. The van der Waals surface area contributed by atoms with E-state index in [0.717, 1.165) is 17.4 Å². The molecule has 0 N–H and O–H groups in total. The summed E-state index contributed by atoms with van der Waals surface area (Å²) in [6.07, 6.45) is 2.51. The van der Waals surface area contributed by atoms with Crippen molar-refractivity contribution in [3.05, 3.63) is 53.7 Å².